The van der Waals surface area contributed by atoms with E-state index in [0.717, 1.165) is 32.9 Å². The Balaban J connectivity index is 0.000000461. The van der Waals surface area contributed by atoms with Gasteiger partial charge in [0.25, 0.3) is 0 Å². The largest absolute Gasteiger partial charge is 0.400 e. The van der Waals surface area contributed by atoms with E-state index in [-0.39, 0.29) is 0 Å². The smallest absolute Gasteiger partial charge is 0.123 e. The lowest BCUT2D eigenvalue weighted by molar-refractivity contribution is -0.112. The molecule has 1 aliphatic rings. The minimum Gasteiger partial charge on any atom is -0.400 e. The van der Waals surface area contributed by atoms with E-state index in [4.69, 9.17) is 5.11 Å². The molecule has 0 spiro atoms. The maximum atomic E-state index is 10.3. The van der Waals surface area contributed by atoms with E-state index in [1.807, 2.05) is 0 Å². The molecule has 66 valence electrons. The lowest BCUT2D eigenvalue weighted by atomic mass is 9.89. The van der Waals surface area contributed by atoms with Gasteiger partial charge in [-0.25, -0.2) is 0 Å². The van der Waals surface area contributed by atoms with Crippen LogP contribution in [0.1, 0.15) is 13.3 Å². The van der Waals surface area contributed by atoms with Crippen molar-refractivity contribution in [3.63, 3.8) is 0 Å². The minimum atomic E-state index is 0.311. The number of carbonyl (C=O) groups is 1. The van der Waals surface area contributed by atoms with Gasteiger partial charge in [0.05, 0.1) is 0 Å². The normalized spacial score (nSPS) is 30.1. The highest BCUT2D eigenvalue weighted by Gasteiger charge is 2.19. The van der Waals surface area contributed by atoms with Crippen LogP contribution in [0.2, 0.25) is 0 Å². The summed E-state index contributed by atoms with van der Waals surface area (Å²) < 4.78 is 0. The molecule has 1 saturated heterocycles. The summed E-state index contributed by atoms with van der Waals surface area (Å²) >= 11 is 0. The number of aldehydes is 1. The molecule has 1 rings (SSSR count). The molecule has 0 aromatic rings. The molecule has 0 aliphatic carbocycles. The van der Waals surface area contributed by atoms with Crippen molar-refractivity contribution < 1.29 is 9.90 Å². The number of piperidine rings is 1. The summed E-state index contributed by atoms with van der Waals surface area (Å²) in [4.78, 5) is 10.3. The number of aliphatic hydroxyl groups is 1. The molecule has 0 saturated carbocycles. The zero-order valence-corrected chi connectivity index (χ0v) is 7.21. The second-order valence-corrected chi connectivity index (χ2v) is 2.77. The number of carbonyl (C=O) groups excluding carboxylic acids is 1. The van der Waals surface area contributed by atoms with E-state index in [2.05, 4.69) is 12.2 Å². The Morgan fingerprint density at radius 1 is 1.55 bits per heavy atom. The van der Waals surface area contributed by atoms with Crippen LogP contribution in [0.15, 0.2) is 0 Å². The molecular weight excluding hydrogens is 142 g/mol. The molecular formula is C8H17NO2. The first-order valence-electron chi connectivity index (χ1n) is 3.95. The Hall–Kier alpha value is -0.410. The van der Waals surface area contributed by atoms with Crippen molar-refractivity contribution in [2.24, 2.45) is 11.8 Å². The molecule has 0 amide bonds. The Bertz CT molecular complexity index is 106. The summed E-state index contributed by atoms with van der Waals surface area (Å²) in [6.07, 6.45) is 2.11. The van der Waals surface area contributed by atoms with Crippen molar-refractivity contribution in [2.45, 2.75) is 13.3 Å². The Kier molecular flexibility index (Phi) is 6.07. The van der Waals surface area contributed by atoms with Crippen LogP contribution in [0.4, 0.5) is 0 Å². The highest BCUT2D eigenvalue weighted by atomic mass is 16.2. The molecule has 1 heterocycles. The SMILES string of the molecule is CC1CNCCC1C=O.CO. The summed E-state index contributed by atoms with van der Waals surface area (Å²) in [5, 5.41) is 10.2. The fourth-order valence-electron chi connectivity index (χ4n) is 1.24. The van der Waals surface area contributed by atoms with Gasteiger partial charge in [-0.3, -0.25) is 0 Å². The Morgan fingerprint density at radius 2 is 2.18 bits per heavy atom. The second kappa shape index (κ2) is 6.31. The van der Waals surface area contributed by atoms with E-state index < -0.39 is 0 Å². The number of rotatable bonds is 1. The number of aliphatic hydroxyl groups excluding tert-OH is 1. The first-order valence-corrected chi connectivity index (χ1v) is 3.95. The molecule has 1 fully saturated rings. The number of hydrogen-bond donors (Lipinski definition) is 2. The molecule has 3 heteroatoms. The van der Waals surface area contributed by atoms with Crippen LogP contribution >= 0.6 is 0 Å². The fraction of sp³-hybridized carbons (Fsp3) is 0.875. The summed E-state index contributed by atoms with van der Waals surface area (Å²) in [5.41, 5.74) is 0. The van der Waals surface area contributed by atoms with Crippen molar-refractivity contribution in [1.29, 1.82) is 0 Å². The van der Waals surface area contributed by atoms with E-state index in [9.17, 15) is 4.79 Å². The van der Waals surface area contributed by atoms with Crippen molar-refractivity contribution >= 4 is 6.29 Å². The van der Waals surface area contributed by atoms with Crippen LogP contribution in [0.5, 0.6) is 0 Å². The summed E-state index contributed by atoms with van der Waals surface area (Å²) in [6.45, 7) is 4.13. The van der Waals surface area contributed by atoms with Crippen LogP contribution in [-0.2, 0) is 4.79 Å². The van der Waals surface area contributed by atoms with E-state index in [1.165, 1.54) is 0 Å². The van der Waals surface area contributed by atoms with Crippen LogP contribution in [-0.4, -0.2) is 31.6 Å². The van der Waals surface area contributed by atoms with Gasteiger partial charge in [-0.15, -0.1) is 0 Å². The maximum Gasteiger partial charge on any atom is 0.123 e. The average Bonchev–Trinajstić information content (AvgIpc) is 2.09. The van der Waals surface area contributed by atoms with Gasteiger partial charge in [0, 0.05) is 13.0 Å². The van der Waals surface area contributed by atoms with Crippen LogP contribution in [0.3, 0.4) is 0 Å². The summed E-state index contributed by atoms with van der Waals surface area (Å²) in [6, 6.07) is 0. The van der Waals surface area contributed by atoms with Gasteiger partial charge in [-0.05, 0) is 25.4 Å². The molecule has 0 aromatic heterocycles. The fourth-order valence-corrected chi connectivity index (χ4v) is 1.24. The molecule has 3 nitrogen and oxygen atoms in total. The third-order valence-corrected chi connectivity index (χ3v) is 2.03. The van der Waals surface area contributed by atoms with E-state index in [0.29, 0.717) is 11.8 Å². The van der Waals surface area contributed by atoms with Crippen molar-refractivity contribution in [3.8, 4) is 0 Å². The number of nitrogens with one attached hydrogen (secondary N) is 1. The van der Waals surface area contributed by atoms with Gasteiger partial charge in [0.2, 0.25) is 0 Å². The van der Waals surface area contributed by atoms with Crippen LogP contribution in [0, 0.1) is 11.8 Å². The standard InChI is InChI=1S/C7H13NO.CH4O/c1-6-4-8-3-2-7(6)5-9;1-2/h5-8H,2-4H2,1H3;2H,1H3. The van der Waals surface area contributed by atoms with Gasteiger partial charge in [-0.1, -0.05) is 6.92 Å². The Labute approximate surface area is 67.8 Å². The molecule has 11 heavy (non-hydrogen) atoms. The molecule has 0 bridgehead atoms. The summed E-state index contributed by atoms with van der Waals surface area (Å²) in [7, 11) is 1.00. The highest BCUT2D eigenvalue weighted by Crippen LogP contribution is 2.14. The monoisotopic (exact) mass is 159 g/mol. The average molecular weight is 159 g/mol. The van der Waals surface area contributed by atoms with Crippen LogP contribution < -0.4 is 5.32 Å². The van der Waals surface area contributed by atoms with Gasteiger partial charge >= 0.3 is 0 Å². The third-order valence-electron chi connectivity index (χ3n) is 2.03. The van der Waals surface area contributed by atoms with Crippen molar-refractivity contribution in [2.75, 3.05) is 20.2 Å². The zero-order valence-electron chi connectivity index (χ0n) is 7.21. The topological polar surface area (TPSA) is 49.3 Å². The minimum absolute atomic E-state index is 0.311. The molecule has 1 aliphatic heterocycles. The predicted octanol–water partition coefficient (Wildman–Crippen LogP) is 0.0394. The third kappa shape index (κ3) is 3.49. The van der Waals surface area contributed by atoms with Crippen molar-refractivity contribution in [3.05, 3.63) is 0 Å². The molecule has 0 radical (unpaired) electrons. The van der Waals surface area contributed by atoms with Crippen molar-refractivity contribution in [1.82, 2.24) is 5.32 Å². The van der Waals surface area contributed by atoms with Gasteiger partial charge in [0.1, 0.15) is 6.29 Å². The summed E-state index contributed by atoms with van der Waals surface area (Å²) in [5.74, 6) is 0.850. The zero-order chi connectivity index (χ0) is 8.69. The first-order chi connectivity index (χ1) is 5.34. The van der Waals surface area contributed by atoms with E-state index in [1.54, 1.807) is 0 Å². The lowest BCUT2D eigenvalue weighted by Crippen LogP contribution is -2.35. The van der Waals surface area contributed by atoms with Gasteiger partial charge in [0.15, 0.2) is 0 Å². The quantitative estimate of drug-likeness (QED) is 0.531. The van der Waals surface area contributed by atoms with Gasteiger partial charge < -0.3 is 15.2 Å². The van der Waals surface area contributed by atoms with Gasteiger partial charge in [-0.2, -0.15) is 0 Å². The van der Waals surface area contributed by atoms with E-state index >= 15 is 0 Å². The number of hydrogen-bond acceptors (Lipinski definition) is 3. The Morgan fingerprint density at radius 3 is 2.55 bits per heavy atom. The molecule has 2 atom stereocenters. The predicted molar refractivity (Wildman–Crippen MR) is 44.3 cm³/mol. The molecule has 2 N–H and O–H groups in total. The molecule has 2 unspecified atom stereocenters. The maximum absolute atomic E-state index is 10.3. The van der Waals surface area contributed by atoms with Crippen LogP contribution in [0.25, 0.3) is 0 Å². The first kappa shape index (κ1) is 10.6. The lowest BCUT2D eigenvalue weighted by Gasteiger charge is -2.24. The highest BCUT2D eigenvalue weighted by molar-refractivity contribution is 5.54. The molecule has 0 aromatic carbocycles. The second-order valence-electron chi connectivity index (χ2n) is 2.77.